The lowest BCUT2D eigenvalue weighted by Gasteiger charge is -2.40. The van der Waals surface area contributed by atoms with Crippen LogP contribution in [0.15, 0.2) is 0 Å². The zero-order valence-corrected chi connectivity index (χ0v) is 11.1. The molecule has 3 heteroatoms. The molecule has 0 bridgehead atoms. The SMILES string of the molecule is CN(C)CCSCC1(CBr)CCC1. The van der Waals surface area contributed by atoms with Crippen LogP contribution in [0.2, 0.25) is 0 Å². The van der Waals surface area contributed by atoms with Crippen molar-refractivity contribution in [1.82, 2.24) is 4.90 Å². The summed E-state index contributed by atoms with van der Waals surface area (Å²) in [7, 11) is 4.29. The van der Waals surface area contributed by atoms with Crippen LogP contribution in [-0.4, -0.2) is 42.4 Å². The zero-order chi connectivity index (χ0) is 9.73. The smallest absolute Gasteiger partial charge is 0.00958 e. The van der Waals surface area contributed by atoms with Gasteiger partial charge in [0.1, 0.15) is 0 Å². The predicted octanol–water partition coefficient (Wildman–Crippen LogP) is 2.85. The lowest BCUT2D eigenvalue weighted by molar-refractivity contribution is 0.206. The van der Waals surface area contributed by atoms with Gasteiger partial charge in [-0.15, -0.1) is 0 Å². The standard InChI is InChI=1S/C10H20BrNS/c1-12(2)6-7-13-9-10(8-11)4-3-5-10/h3-9H2,1-2H3. The Labute approximate surface area is 94.8 Å². The molecular weight excluding hydrogens is 246 g/mol. The summed E-state index contributed by atoms with van der Waals surface area (Å²) in [6.45, 7) is 1.21. The molecule has 0 aromatic rings. The molecule has 0 aliphatic heterocycles. The maximum absolute atomic E-state index is 3.64. The molecule has 1 nitrogen and oxygen atoms in total. The fraction of sp³-hybridized carbons (Fsp3) is 1.00. The summed E-state index contributed by atoms with van der Waals surface area (Å²) < 4.78 is 0. The molecule has 0 amide bonds. The number of alkyl halides is 1. The van der Waals surface area contributed by atoms with Crippen LogP contribution in [-0.2, 0) is 0 Å². The van der Waals surface area contributed by atoms with Gasteiger partial charge < -0.3 is 4.90 Å². The molecular formula is C10H20BrNS. The summed E-state index contributed by atoms with van der Waals surface area (Å²) >= 11 is 5.76. The number of hydrogen-bond donors (Lipinski definition) is 0. The maximum Gasteiger partial charge on any atom is 0.00958 e. The first-order chi connectivity index (χ1) is 6.18. The van der Waals surface area contributed by atoms with E-state index in [-0.39, 0.29) is 0 Å². The normalized spacial score (nSPS) is 20.3. The highest BCUT2D eigenvalue weighted by molar-refractivity contribution is 9.09. The van der Waals surface area contributed by atoms with Crippen molar-refractivity contribution in [3.05, 3.63) is 0 Å². The first-order valence-electron chi connectivity index (χ1n) is 4.97. The lowest BCUT2D eigenvalue weighted by Crippen LogP contribution is -2.34. The average molecular weight is 266 g/mol. The molecule has 13 heavy (non-hydrogen) atoms. The van der Waals surface area contributed by atoms with Crippen LogP contribution in [0.4, 0.5) is 0 Å². The topological polar surface area (TPSA) is 3.24 Å². The minimum absolute atomic E-state index is 0.664. The largest absolute Gasteiger partial charge is 0.309 e. The van der Waals surface area contributed by atoms with E-state index in [1.807, 2.05) is 0 Å². The van der Waals surface area contributed by atoms with E-state index in [2.05, 4.69) is 46.7 Å². The van der Waals surface area contributed by atoms with Crippen molar-refractivity contribution < 1.29 is 0 Å². The molecule has 0 aromatic carbocycles. The Morgan fingerprint density at radius 3 is 2.46 bits per heavy atom. The molecule has 0 aromatic heterocycles. The maximum atomic E-state index is 3.64. The quantitative estimate of drug-likeness (QED) is 0.537. The van der Waals surface area contributed by atoms with E-state index in [1.54, 1.807) is 0 Å². The molecule has 0 unspecified atom stereocenters. The minimum Gasteiger partial charge on any atom is -0.309 e. The van der Waals surface area contributed by atoms with Gasteiger partial charge in [-0.25, -0.2) is 0 Å². The van der Waals surface area contributed by atoms with Crippen LogP contribution in [0, 0.1) is 5.41 Å². The molecule has 1 rings (SSSR count). The summed E-state index contributed by atoms with van der Waals surface area (Å²) in [6, 6.07) is 0. The van der Waals surface area contributed by atoms with Crippen molar-refractivity contribution in [3.8, 4) is 0 Å². The van der Waals surface area contributed by atoms with Crippen LogP contribution in [0.1, 0.15) is 19.3 Å². The fourth-order valence-electron chi connectivity index (χ4n) is 1.53. The van der Waals surface area contributed by atoms with Gasteiger partial charge in [0.05, 0.1) is 0 Å². The van der Waals surface area contributed by atoms with E-state index in [0.717, 1.165) is 0 Å². The summed E-state index contributed by atoms with van der Waals surface area (Å²) in [5.74, 6) is 2.63. The molecule has 0 atom stereocenters. The Bertz CT molecular complexity index is 140. The third-order valence-corrected chi connectivity index (χ3v) is 5.27. The number of thioether (sulfide) groups is 1. The van der Waals surface area contributed by atoms with Gasteiger partial charge in [0.2, 0.25) is 0 Å². The molecule has 1 aliphatic rings. The third kappa shape index (κ3) is 3.80. The Morgan fingerprint density at radius 1 is 1.38 bits per heavy atom. The summed E-state index contributed by atoms with van der Waals surface area (Å²) in [6.07, 6.45) is 4.32. The van der Waals surface area contributed by atoms with Gasteiger partial charge in [0, 0.05) is 17.6 Å². The second-order valence-electron chi connectivity index (χ2n) is 4.34. The van der Waals surface area contributed by atoms with E-state index in [0.29, 0.717) is 5.41 Å². The second-order valence-corrected chi connectivity index (χ2v) is 6.01. The Kier molecular flexibility index (Phi) is 5.13. The second kappa shape index (κ2) is 5.62. The van der Waals surface area contributed by atoms with Crippen LogP contribution >= 0.6 is 27.7 Å². The summed E-state index contributed by atoms with van der Waals surface area (Å²) in [4.78, 5) is 2.26. The predicted molar refractivity (Wildman–Crippen MR) is 66.0 cm³/mol. The number of hydrogen-bond acceptors (Lipinski definition) is 2. The van der Waals surface area contributed by atoms with Gasteiger partial charge in [0.15, 0.2) is 0 Å². The Hall–Kier alpha value is 0.790. The molecule has 1 aliphatic carbocycles. The first-order valence-corrected chi connectivity index (χ1v) is 7.25. The Balaban J connectivity index is 2.04. The van der Waals surface area contributed by atoms with Crippen LogP contribution < -0.4 is 0 Å². The number of nitrogens with zero attached hydrogens (tertiary/aromatic N) is 1. The fourth-order valence-corrected chi connectivity index (χ4v) is 4.01. The number of halogens is 1. The van der Waals surface area contributed by atoms with Gasteiger partial charge in [-0.2, -0.15) is 11.8 Å². The molecule has 1 fully saturated rings. The van der Waals surface area contributed by atoms with E-state index in [1.165, 1.54) is 42.6 Å². The van der Waals surface area contributed by atoms with Crippen molar-refractivity contribution >= 4 is 27.7 Å². The van der Waals surface area contributed by atoms with E-state index in [9.17, 15) is 0 Å². The van der Waals surface area contributed by atoms with Crippen LogP contribution in [0.3, 0.4) is 0 Å². The van der Waals surface area contributed by atoms with Crippen molar-refractivity contribution in [1.29, 1.82) is 0 Å². The van der Waals surface area contributed by atoms with Crippen molar-refractivity contribution in [2.45, 2.75) is 19.3 Å². The van der Waals surface area contributed by atoms with Gasteiger partial charge in [0.25, 0.3) is 0 Å². The van der Waals surface area contributed by atoms with Crippen molar-refractivity contribution in [3.63, 3.8) is 0 Å². The van der Waals surface area contributed by atoms with Crippen molar-refractivity contribution in [2.24, 2.45) is 5.41 Å². The zero-order valence-electron chi connectivity index (χ0n) is 8.68. The highest BCUT2D eigenvalue weighted by Gasteiger charge is 2.35. The molecule has 0 spiro atoms. The lowest BCUT2D eigenvalue weighted by atomic mass is 9.72. The third-order valence-electron chi connectivity index (χ3n) is 2.79. The molecule has 78 valence electrons. The van der Waals surface area contributed by atoms with E-state index in [4.69, 9.17) is 0 Å². The first kappa shape index (κ1) is 11.9. The van der Waals surface area contributed by atoms with E-state index < -0.39 is 0 Å². The van der Waals surface area contributed by atoms with Gasteiger partial charge in [-0.3, -0.25) is 0 Å². The molecule has 0 saturated heterocycles. The minimum atomic E-state index is 0.664. The van der Waals surface area contributed by atoms with Gasteiger partial charge >= 0.3 is 0 Å². The molecule has 0 radical (unpaired) electrons. The molecule has 1 saturated carbocycles. The highest BCUT2D eigenvalue weighted by atomic mass is 79.9. The average Bonchev–Trinajstić information content (AvgIpc) is 2.01. The van der Waals surface area contributed by atoms with E-state index >= 15 is 0 Å². The van der Waals surface area contributed by atoms with Gasteiger partial charge in [-0.1, -0.05) is 22.4 Å². The summed E-state index contributed by atoms with van der Waals surface area (Å²) in [5, 5.41) is 1.20. The highest BCUT2D eigenvalue weighted by Crippen LogP contribution is 2.44. The van der Waals surface area contributed by atoms with Crippen molar-refractivity contribution in [2.75, 3.05) is 37.5 Å². The molecule has 0 heterocycles. The van der Waals surface area contributed by atoms with Crippen LogP contribution in [0.25, 0.3) is 0 Å². The van der Waals surface area contributed by atoms with Crippen LogP contribution in [0.5, 0.6) is 0 Å². The molecule has 0 N–H and O–H groups in total. The monoisotopic (exact) mass is 265 g/mol. The Morgan fingerprint density at radius 2 is 2.08 bits per heavy atom. The summed E-state index contributed by atoms with van der Waals surface area (Å²) in [5.41, 5.74) is 0.664. The van der Waals surface area contributed by atoms with Gasteiger partial charge in [-0.05, 0) is 38.1 Å². The number of rotatable bonds is 6.